The van der Waals surface area contributed by atoms with Crippen LogP contribution in [-0.4, -0.2) is 59.5 Å². The van der Waals surface area contributed by atoms with E-state index in [0.717, 1.165) is 40.8 Å². The summed E-state index contributed by atoms with van der Waals surface area (Å²) in [5.41, 5.74) is 10.7. The number of rotatable bonds is 6. The molecule has 8 heteroatoms. The molecule has 0 spiro atoms. The number of allylic oxidation sites excluding steroid dienone is 1. The van der Waals surface area contributed by atoms with Gasteiger partial charge in [0.15, 0.2) is 12.3 Å². The molecule has 0 aliphatic carbocycles. The smallest absolute Gasteiger partial charge is 0.335 e. The van der Waals surface area contributed by atoms with Gasteiger partial charge in [-0.25, -0.2) is 4.79 Å². The molecule has 2 aliphatic heterocycles. The van der Waals surface area contributed by atoms with Crippen LogP contribution in [0.25, 0.3) is 5.57 Å². The average Bonchev–Trinajstić information content (AvgIpc) is 2.86. The number of likely N-dealkylation sites (N-methyl/N-ethyl adjacent to an activating group) is 1. The van der Waals surface area contributed by atoms with Crippen molar-refractivity contribution in [1.82, 2.24) is 4.90 Å². The molecule has 0 bridgehead atoms. The minimum Gasteiger partial charge on any atom is -0.493 e. The second kappa shape index (κ2) is 10.0. The van der Waals surface area contributed by atoms with Crippen LogP contribution in [0.2, 0.25) is 0 Å². The summed E-state index contributed by atoms with van der Waals surface area (Å²) in [7, 11) is 1.64. The topological polar surface area (TPSA) is 128 Å². The Hall–Kier alpha value is -3.65. The number of carboxylic acid groups (broad SMARTS) is 1. The maximum absolute atomic E-state index is 13.7. The molecule has 2 heterocycles. The van der Waals surface area contributed by atoms with Gasteiger partial charge in [0.2, 0.25) is 0 Å². The molecule has 2 unspecified atom stereocenters. The zero-order valence-corrected chi connectivity index (χ0v) is 22.1. The third-order valence-electron chi connectivity index (χ3n) is 7.22. The molecule has 0 fully saturated rings. The van der Waals surface area contributed by atoms with E-state index in [9.17, 15) is 14.7 Å². The number of amides is 1. The number of aliphatic carboxylic acids is 1. The number of carboxylic acids is 1. The van der Waals surface area contributed by atoms with Gasteiger partial charge in [0.25, 0.3) is 5.91 Å². The largest absolute Gasteiger partial charge is 0.493 e. The van der Waals surface area contributed by atoms with Gasteiger partial charge in [-0.15, -0.1) is 0 Å². The Bertz CT molecular complexity index is 1280. The van der Waals surface area contributed by atoms with Crippen molar-refractivity contribution in [3.63, 3.8) is 0 Å². The molecule has 2 aromatic carbocycles. The lowest BCUT2D eigenvalue weighted by Gasteiger charge is -2.45. The Labute approximate surface area is 217 Å². The molecule has 0 saturated heterocycles. The number of ether oxygens (including phenoxy) is 2. The summed E-state index contributed by atoms with van der Waals surface area (Å²) in [6.07, 6.45) is 3.33. The van der Waals surface area contributed by atoms with Gasteiger partial charge in [0, 0.05) is 24.7 Å². The van der Waals surface area contributed by atoms with Crippen LogP contribution in [-0.2, 0) is 16.0 Å². The van der Waals surface area contributed by atoms with Crippen LogP contribution >= 0.6 is 0 Å². The summed E-state index contributed by atoms with van der Waals surface area (Å²) < 4.78 is 12.0. The molecule has 2 aliphatic rings. The Morgan fingerprint density at radius 1 is 1.27 bits per heavy atom. The average molecular weight is 507 g/mol. The van der Waals surface area contributed by atoms with Crippen molar-refractivity contribution in [3.8, 4) is 5.75 Å². The third-order valence-corrected chi connectivity index (χ3v) is 7.22. The minimum atomic E-state index is -1.25. The molecule has 3 atom stereocenters. The highest BCUT2D eigenvalue weighted by atomic mass is 16.5. The third kappa shape index (κ3) is 4.85. The van der Waals surface area contributed by atoms with E-state index in [2.05, 4.69) is 0 Å². The van der Waals surface area contributed by atoms with E-state index < -0.39 is 29.6 Å². The highest BCUT2D eigenvalue weighted by Gasteiger charge is 2.48. The van der Waals surface area contributed by atoms with Gasteiger partial charge < -0.3 is 25.2 Å². The summed E-state index contributed by atoms with van der Waals surface area (Å²) in [5, 5.41) is 16.1. The molecule has 0 radical (unpaired) electrons. The van der Waals surface area contributed by atoms with Crippen molar-refractivity contribution in [2.24, 2.45) is 5.73 Å². The molecular weight excluding hydrogens is 470 g/mol. The number of hydrogen-bond acceptors (Lipinski definition) is 5. The summed E-state index contributed by atoms with van der Waals surface area (Å²) in [5.74, 6) is -0.991. The lowest BCUT2D eigenvalue weighted by Crippen LogP contribution is -2.57. The summed E-state index contributed by atoms with van der Waals surface area (Å²) in [4.78, 5) is 27.9. The zero-order chi connectivity index (χ0) is 27.1. The van der Waals surface area contributed by atoms with Crippen LogP contribution in [0.4, 0.5) is 0 Å². The quantitative estimate of drug-likeness (QED) is 0.516. The van der Waals surface area contributed by atoms with Gasteiger partial charge in [0.1, 0.15) is 5.75 Å². The van der Waals surface area contributed by atoms with E-state index in [1.165, 1.54) is 17.3 Å². The van der Waals surface area contributed by atoms with Crippen LogP contribution in [0.5, 0.6) is 5.75 Å². The SMILES string of the molecule is Cc1c(C2c3ccc(/C(C=[NH2+])=C/N)cc3C(=O)N(C)C2[C@@H](OC(C)(C)C)C(=O)O)ccc2c1CCCO2. The first-order valence-electron chi connectivity index (χ1n) is 12.5. The van der Waals surface area contributed by atoms with E-state index in [-0.39, 0.29) is 5.91 Å². The maximum atomic E-state index is 13.7. The summed E-state index contributed by atoms with van der Waals surface area (Å²) >= 11 is 0. The summed E-state index contributed by atoms with van der Waals surface area (Å²) in [6.45, 7) is 8.16. The fraction of sp³-hybridized carbons (Fsp3) is 0.414. The van der Waals surface area contributed by atoms with Gasteiger partial charge in [-0.2, -0.15) is 0 Å². The van der Waals surface area contributed by atoms with Gasteiger partial charge in [-0.1, -0.05) is 18.2 Å². The first kappa shape index (κ1) is 26.4. The normalized spacial score (nSPS) is 20.5. The molecule has 8 nitrogen and oxygen atoms in total. The second-order valence-electron chi connectivity index (χ2n) is 10.7. The Morgan fingerprint density at radius 3 is 2.59 bits per heavy atom. The van der Waals surface area contributed by atoms with Crippen LogP contribution in [0.1, 0.15) is 71.3 Å². The van der Waals surface area contributed by atoms with Crippen LogP contribution in [0, 0.1) is 6.92 Å². The standard InChI is InChI=1S/C29H35N3O5/c1-16-19-7-6-12-36-23(19)11-10-20(16)24-21-9-8-17(18(14-30)15-31)13-22(21)27(33)32(5)25(24)26(28(34)35)37-29(2,3)4/h8-11,13-15,24-26,30H,6-7,12,31H2,1-5H3,(H,34,35)/p+1/b18-15+,30-14?/t24?,25?,26-/m1/s1. The van der Waals surface area contributed by atoms with E-state index in [4.69, 9.17) is 20.6 Å². The predicted octanol–water partition coefficient (Wildman–Crippen LogP) is 2.30. The van der Waals surface area contributed by atoms with Crippen molar-refractivity contribution in [3.05, 3.63) is 69.9 Å². The molecule has 0 saturated carbocycles. The van der Waals surface area contributed by atoms with Crippen molar-refractivity contribution < 1.29 is 29.6 Å². The summed E-state index contributed by atoms with van der Waals surface area (Å²) in [6, 6.07) is 8.68. The Kier molecular flexibility index (Phi) is 7.15. The molecule has 2 aromatic rings. The Balaban J connectivity index is 1.98. The van der Waals surface area contributed by atoms with Gasteiger partial charge in [0.05, 0.1) is 23.8 Å². The van der Waals surface area contributed by atoms with Gasteiger partial charge >= 0.3 is 5.97 Å². The molecule has 4 rings (SSSR count). The monoisotopic (exact) mass is 506 g/mol. The number of carbonyl (C=O) groups excluding carboxylic acids is 1. The molecule has 37 heavy (non-hydrogen) atoms. The Morgan fingerprint density at radius 2 is 1.97 bits per heavy atom. The number of fused-ring (bicyclic) bond motifs is 2. The van der Waals surface area contributed by atoms with E-state index in [1.54, 1.807) is 13.1 Å². The molecule has 0 aromatic heterocycles. The number of hydrogen-bond donors (Lipinski definition) is 3. The fourth-order valence-corrected chi connectivity index (χ4v) is 5.51. The van der Waals surface area contributed by atoms with Crippen molar-refractivity contribution >= 4 is 23.7 Å². The highest BCUT2D eigenvalue weighted by Crippen LogP contribution is 2.44. The first-order valence-corrected chi connectivity index (χ1v) is 12.5. The van der Waals surface area contributed by atoms with Crippen molar-refractivity contribution in [2.45, 2.75) is 64.2 Å². The zero-order valence-electron chi connectivity index (χ0n) is 22.1. The second-order valence-corrected chi connectivity index (χ2v) is 10.7. The molecule has 196 valence electrons. The van der Waals surface area contributed by atoms with Gasteiger partial charge in [-0.05, 0) is 80.5 Å². The fourth-order valence-electron chi connectivity index (χ4n) is 5.51. The molecular formula is C29H36N3O5+. The lowest BCUT2D eigenvalue weighted by molar-refractivity contribution is -0.167. The number of benzene rings is 2. The predicted molar refractivity (Wildman–Crippen MR) is 142 cm³/mol. The van der Waals surface area contributed by atoms with Crippen molar-refractivity contribution in [1.29, 1.82) is 0 Å². The molecule has 1 amide bonds. The number of nitrogens with zero attached hydrogens (tertiary/aromatic N) is 1. The highest BCUT2D eigenvalue weighted by molar-refractivity contribution is 6.08. The number of nitrogens with two attached hydrogens (primary N) is 2. The van der Waals surface area contributed by atoms with Crippen molar-refractivity contribution in [2.75, 3.05) is 13.7 Å². The van der Waals surface area contributed by atoms with Crippen LogP contribution in [0.15, 0.2) is 36.5 Å². The number of carbonyl (C=O) groups is 2. The molecule has 5 N–H and O–H groups in total. The lowest BCUT2D eigenvalue weighted by atomic mass is 9.74. The van der Waals surface area contributed by atoms with E-state index >= 15 is 0 Å². The van der Waals surface area contributed by atoms with Crippen LogP contribution < -0.4 is 15.9 Å². The first-order chi connectivity index (χ1) is 17.5. The van der Waals surface area contributed by atoms with Crippen LogP contribution in [0.3, 0.4) is 0 Å². The van der Waals surface area contributed by atoms with E-state index in [0.29, 0.717) is 23.3 Å². The van der Waals surface area contributed by atoms with Gasteiger partial charge in [-0.3, -0.25) is 10.2 Å². The maximum Gasteiger partial charge on any atom is 0.335 e. The van der Waals surface area contributed by atoms with E-state index in [1.807, 2.05) is 52.0 Å². The minimum absolute atomic E-state index is 0.283.